The highest BCUT2D eigenvalue weighted by Crippen LogP contribution is 2.26. The zero-order chi connectivity index (χ0) is 12.8. The van der Waals surface area contributed by atoms with E-state index in [1.54, 1.807) is 6.07 Å². The second-order valence-corrected chi connectivity index (χ2v) is 5.06. The summed E-state index contributed by atoms with van der Waals surface area (Å²) in [4.78, 5) is 22.4. The van der Waals surface area contributed by atoms with Crippen molar-refractivity contribution in [2.45, 2.75) is 13.0 Å². The lowest BCUT2D eigenvalue weighted by molar-refractivity contribution is -0.143. The van der Waals surface area contributed by atoms with Crippen LogP contribution in [0.1, 0.15) is 17.8 Å². The number of carbonyl (C=O) groups excluding carboxylic acids is 1. The molecule has 17 heavy (non-hydrogen) atoms. The Morgan fingerprint density at radius 2 is 2.24 bits per heavy atom. The van der Waals surface area contributed by atoms with E-state index in [-0.39, 0.29) is 18.6 Å². The molecule has 1 unspecified atom stereocenters. The SMILES string of the molecule is CC(NC(=O)COCC(=O)O)c1ccc(Cl)s1. The molecule has 1 atom stereocenters. The molecule has 0 aliphatic carbocycles. The minimum Gasteiger partial charge on any atom is -0.480 e. The van der Waals surface area contributed by atoms with Crippen molar-refractivity contribution in [3.8, 4) is 0 Å². The van der Waals surface area contributed by atoms with E-state index < -0.39 is 12.6 Å². The molecule has 1 amide bonds. The molecule has 5 nitrogen and oxygen atoms in total. The average molecular weight is 278 g/mol. The summed E-state index contributed by atoms with van der Waals surface area (Å²) in [6.45, 7) is 1.07. The molecule has 0 aliphatic rings. The molecule has 1 heterocycles. The molecule has 2 N–H and O–H groups in total. The molecule has 0 spiro atoms. The van der Waals surface area contributed by atoms with E-state index in [0.717, 1.165) is 4.88 Å². The van der Waals surface area contributed by atoms with Crippen LogP contribution in [0.15, 0.2) is 12.1 Å². The maximum absolute atomic E-state index is 11.4. The van der Waals surface area contributed by atoms with Crippen LogP contribution < -0.4 is 5.32 Å². The van der Waals surface area contributed by atoms with E-state index in [9.17, 15) is 9.59 Å². The number of carboxylic acids is 1. The highest BCUT2D eigenvalue weighted by atomic mass is 35.5. The minimum absolute atomic E-state index is 0.173. The van der Waals surface area contributed by atoms with Gasteiger partial charge in [0.25, 0.3) is 0 Å². The number of rotatable bonds is 6. The van der Waals surface area contributed by atoms with Gasteiger partial charge in [-0.25, -0.2) is 4.79 Å². The van der Waals surface area contributed by atoms with Gasteiger partial charge >= 0.3 is 5.97 Å². The fourth-order valence-corrected chi connectivity index (χ4v) is 2.21. The van der Waals surface area contributed by atoms with Gasteiger partial charge in [0.2, 0.25) is 5.91 Å². The third kappa shape index (κ3) is 5.16. The maximum Gasteiger partial charge on any atom is 0.329 e. The Labute approximate surface area is 107 Å². The van der Waals surface area contributed by atoms with Gasteiger partial charge in [0.15, 0.2) is 0 Å². The molecule has 0 saturated carbocycles. The van der Waals surface area contributed by atoms with E-state index in [1.807, 2.05) is 13.0 Å². The molecule has 1 aromatic rings. The molecular weight excluding hydrogens is 266 g/mol. The molecule has 0 aromatic carbocycles. The second kappa shape index (κ2) is 6.58. The van der Waals surface area contributed by atoms with E-state index in [1.165, 1.54) is 11.3 Å². The molecule has 7 heteroatoms. The van der Waals surface area contributed by atoms with Crippen LogP contribution in [-0.2, 0) is 14.3 Å². The predicted molar refractivity (Wildman–Crippen MR) is 64.3 cm³/mol. The minimum atomic E-state index is -1.10. The molecule has 0 fully saturated rings. The lowest BCUT2D eigenvalue weighted by Crippen LogP contribution is -2.30. The van der Waals surface area contributed by atoms with Crippen molar-refractivity contribution >= 4 is 34.8 Å². The summed E-state index contributed by atoms with van der Waals surface area (Å²) in [6.07, 6.45) is 0. The van der Waals surface area contributed by atoms with Crippen LogP contribution in [0, 0.1) is 0 Å². The second-order valence-electron chi connectivity index (χ2n) is 3.32. The zero-order valence-electron chi connectivity index (χ0n) is 9.10. The van der Waals surface area contributed by atoms with Crippen LogP contribution >= 0.6 is 22.9 Å². The Morgan fingerprint density at radius 3 is 2.76 bits per heavy atom. The lowest BCUT2D eigenvalue weighted by atomic mass is 10.3. The van der Waals surface area contributed by atoms with Crippen molar-refractivity contribution in [3.05, 3.63) is 21.3 Å². The van der Waals surface area contributed by atoms with Crippen molar-refractivity contribution in [2.75, 3.05) is 13.2 Å². The first-order valence-electron chi connectivity index (χ1n) is 4.83. The highest BCUT2D eigenvalue weighted by molar-refractivity contribution is 7.16. The highest BCUT2D eigenvalue weighted by Gasteiger charge is 2.11. The Kier molecular flexibility index (Phi) is 5.40. The summed E-state index contributed by atoms with van der Waals surface area (Å²) in [5, 5.41) is 11.0. The van der Waals surface area contributed by atoms with Crippen molar-refractivity contribution in [2.24, 2.45) is 0 Å². The Morgan fingerprint density at radius 1 is 1.53 bits per heavy atom. The third-order valence-electron chi connectivity index (χ3n) is 1.86. The van der Waals surface area contributed by atoms with Gasteiger partial charge in [0.05, 0.1) is 10.4 Å². The number of ether oxygens (including phenoxy) is 1. The number of aliphatic carboxylic acids is 1. The van der Waals surface area contributed by atoms with Gasteiger partial charge in [0, 0.05) is 4.88 Å². The first kappa shape index (κ1) is 14.0. The third-order valence-corrected chi connectivity index (χ3v) is 3.27. The summed E-state index contributed by atoms with van der Waals surface area (Å²) in [5.74, 6) is -1.46. The zero-order valence-corrected chi connectivity index (χ0v) is 10.7. The smallest absolute Gasteiger partial charge is 0.329 e. The molecule has 1 aromatic heterocycles. The van der Waals surface area contributed by atoms with E-state index >= 15 is 0 Å². The van der Waals surface area contributed by atoms with Crippen molar-refractivity contribution < 1.29 is 19.4 Å². The number of carbonyl (C=O) groups is 2. The molecule has 0 radical (unpaired) electrons. The largest absolute Gasteiger partial charge is 0.480 e. The quantitative estimate of drug-likeness (QED) is 0.829. The summed E-state index contributed by atoms with van der Waals surface area (Å²) >= 11 is 7.16. The van der Waals surface area contributed by atoms with Crippen LogP contribution in [0.2, 0.25) is 4.34 Å². The summed E-state index contributed by atoms with van der Waals surface area (Å²) < 4.78 is 5.32. The van der Waals surface area contributed by atoms with Gasteiger partial charge in [-0.3, -0.25) is 4.79 Å². The fourth-order valence-electron chi connectivity index (χ4n) is 1.15. The molecule has 0 saturated heterocycles. The van der Waals surface area contributed by atoms with Crippen LogP contribution in [0.25, 0.3) is 0 Å². The van der Waals surface area contributed by atoms with Crippen LogP contribution in [0.5, 0.6) is 0 Å². The first-order chi connectivity index (χ1) is 7.99. The van der Waals surface area contributed by atoms with Crippen molar-refractivity contribution in [1.29, 1.82) is 0 Å². The van der Waals surface area contributed by atoms with Crippen LogP contribution in [-0.4, -0.2) is 30.2 Å². The lowest BCUT2D eigenvalue weighted by Gasteiger charge is -2.11. The Hall–Kier alpha value is -1.11. The number of hydrogen-bond acceptors (Lipinski definition) is 4. The Balaban J connectivity index is 2.33. The molecule has 1 rings (SSSR count). The van der Waals surface area contributed by atoms with Crippen molar-refractivity contribution in [1.82, 2.24) is 5.32 Å². The number of amides is 1. The average Bonchev–Trinajstić information content (AvgIpc) is 2.64. The van der Waals surface area contributed by atoms with Crippen LogP contribution in [0.3, 0.4) is 0 Å². The molecule has 0 bridgehead atoms. The molecule has 0 aliphatic heterocycles. The summed E-state index contributed by atoms with van der Waals surface area (Å²) in [5.41, 5.74) is 0. The monoisotopic (exact) mass is 277 g/mol. The van der Waals surface area contributed by atoms with E-state index in [4.69, 9.17) is 16.7 Å². The van der Waals surface area contributed by atoms with Gasteiger partial charge in [-0.1, -0.05) is 11.6 Å². The van der Waals surface area contributed by atoms with Crippen molar-refractivity contribution in [3.63, 3.8) is 0 Å². The van der Waals surface area contributed by atoms with Gasteiger partial charge in [0.1, 0.15) is 13.2 Å². The fraction of sp³-hybridized carbons (Fsp3) is 0.400. The summed E-state index contributed by atoms with van der Waals surface area (Å²) in [6, 6.07) is 3.41. The number of nitrogens with one attached hydrogen (secondary N) is 1. The van der Waals surface area contributed by atoms with E-state index in [0.29, 0.717) is 4.34 Å². The molecular formula is C10H12ClNO4S. The van der Waals surface area contributed by atoms with Crippen LogP contribution in [0.4, 0.5) is 0 Å². The topological polar surface area (TPSA) is 75.6 Å². The van der Waals surface area contributed by atoms with Gasteiger partial charge in [-0.05, 0) is 19.1 Å². The van der Waals surface area contributed by atoms with Gasteiger partial charge in [-0.15, -0.1) is 11.3 Å². The maximum atomic E-state index is 11.4. The van der Waals surface area contributed by atoms with Gasteiger partial charge < -0.3 is 15.2 Å². The van der Waals surface area contributed by atoms with E-state index in [2.05, 4.69) is 10.1 Å². The standard InChI is InChI=1S/C10H12ClNO4S/c1-6(7-2-3-8(11)17-7)12-9(13)4-16-5-10(14)15/h2-3,6H,4-5H2,1H3,(H,12,13)(H,14,15). The summed E-state index contributed by atoms with van der Waals surface area (Å²) in [7, 11) is 0. The Bertz CT molecular complexity index is 407. The number of carboxylic acid groups (broad SMARTS) is 1. The number of hydrogen-bond donors (Lipinski definition) is 2. The predicted octanol–water partition coefficient (Wildman–Crippen LogP) is 1.68. The normalized spacial score (nSPS) is 12.1. The number of thiophene rings is 1. The first-order valence-corrected chi connectivity index (χ1v) is 6.02. The van der Waals surface area contributed by atoms with Gasteiger partial charge in [-0.2, -0.15) is 0 Å². The number of halogens is 1. The molecule has 94 valence electrons.